The second-order valence-corrected chi connectivity index (χ2v) is 6.40. The highest BCUT2D eigenvalue weighted by Gasteiger charge is 2.16. The molecule has 0 amide bonds. The molecule has 0 radical (unpaired) electrons. The predicted molar refractivity (Wildman–Crippen MR) is 122 cm³/mol. The van der Waals surface area contributed by atoms with Crippen LogP contribution in [0.3, 0.4) is 0 Å². The maximum atomic E-state index is 13.8. The number of benzene rings is 2. The molecule has 0 unspecified atom stereocenters. The number of para-hydroxylation sites is 1. The Labute approximate surface area is 187 Å². The van der Waals surface area contributed by atoms with E-state index >= 15 is 0 Å². The molecule has 1 aliphatic heterocycles. The van der Waals surface area contributed by atoms with Gasteiger partial charge in [0.05, 0.1) is 13.7 Å². The standard InChI is InChI=1S/C21H26FN3O3.HI/c1-23-21(24-9-7-15-5-3-4-6-19(15)26-2)25-10-8-16-11-18(22)12-17-13-27-14-28-20(16)17;/h3-6,11-12H,7-10,13-14H2,1-2H3,(H2,23,24,25);1H. The maximum absolute atomic E-state index is 13.8. The molecule has 158 valence electrons. The van der Waals surface area contributed by atoms with Crippen LogP contribution in [0.5, 0.6) is 11.5 Å². The topological polar surface area (TPSA) is 64.1 Å². The van der Waals surface area contributed by atoms with Crippen molar-refractivity contribution in [1.29, 1.82) is 0 Å². The molecule has 3 rings (SSSR count). The smallest absolute Gasteiger partial charge is 0.190 e. The van der Waals surface area contributed by atoms with Gasteiger partial charge in [-0.05, 0) is 42.2 Å². The number of rotatable bonds is 7. The summed E-state index contributed by atoms with van der Waals surface area (Å²) in [5, 5.41) is 6.54. The van der Waals surface area contributed by atoms with E-state index in [0.29, 0.717) is 25.5 Å². The molecule has 1 heterocycles. The van der Waals surface area contributed by atoms with Crippen molar-refractivity contribution in [3.8, 4) is 11.5 Å². The second-order valence-electron chi connectivity index (χ2n) is 6.40. The molecular formula is C21H27FIN3O3. The quantitative estimate of drug-likeness (QED) is 0.337. The Bertz CT molecular complexity index is 833. The molecule has 2 N–H and O–H groups in total. The van der Waals surface area contributed by atoms with E-state index in [0.717, 1.165) is 41.2 Å². The molecule has 8 heteroatoms. The summed E-state index contributed by atoms with van der Waals surface area (Å²) in [7, 11) is 3.40. The van der Waals surface area contributed by atoms with Crippen LogP contribution in [0.2, 0.25) is 0 Å². The van der Waals surface area contributed by atoms with E-state index in [1.807, 2.05) is 24.3 Å². The summed E-state index contributed by atoms with van der Waals surface area (Å²) < 4.78 is 30.0. The lowest BCUT2D eigenvalue weighted by molar-refractivity contribution is -0.0172. The van der Waals surface area contributed by atoms with Gasteiger partial charge >= 0.3 is 0 Å². The van der Waals surface area contributed by atoms with Crippen molar-refractivity contribution in [2.24, 2.45) is 4.99 Å². The van der Waals surface area contributed by atoms with Crippen LogP contribution in [0.25, 0.3) is 0 Å². The minimum Gasteiger partial charge on any atom is -0.496 e. The Morgan fingerprint density at radius 1 is 1.14 bits per heavy atom. The van der Waals surface area contributed by atoms with Crippen LogP contribution < -0.4 is 20.1 Å². The van der Waals surface area contributed by atoms with E-state index in [9.17, 15) is 4.39 Å². The average molecular weight is 515 g/mol. The van der Waals surface area contributed by atoms with E-state index in [1.54, 1.807) is 14.2 Å². The molecule has 0 atom stereocenters. The van der Waals surface area contributed by atoms with Crippen LogP contribution >= 0.6 is 24.0 Å². The highest BCUT2D eigenvalue weighted by Crippen LogP contribution is 2.29. The molecule has 29 heavy (non-hydrogen) atoms. The Morgan fingerprint density at radius 3 is 2.59 bits per heavy atom. The molecule has 0 saturated carbocycles. The van der Waals surface area contributed by atoms with Crippen molar-refractivity contribution in [3.05, 3.63) is 58.9 Å². The summed E-state index contributed by atoms with van der Waals surface area (Å²) in [5.74, 6) is 2.03. The van der Waals surface area contributed by atoms with Gasteiger partial charge in [-0.15, -0.1) is 24.0 Å². The van der Waals surface area contributed by atoms with E-state index in [4.69, 9.17) is 14.2 Å². The van der Waals surface area contributed by atoms with Crippen LogP contribution in [-0.2, 0) is 24.2 Å². The molecule has 1 aliphatic rings. The van der Waals surface area contributed by atoms with Gasteiger partial charge in [0.15, 0.2) is 12.8 Å². The second kappa shape index (κ2) is 11.8. The SMILES string of the molecule is CN=C(NCCc1ccccc1OC)NCCc1cc(F)cc2c1OCOC2.I. The zero-order valence-corrected chi connectivity index (χ0v) is 19.0. The average Bonchev–Trinajstić information content (AvgIpc) is 2.72. The number of aliphatic imine (C=N–C) groups is 1. The fourth-order valence-corrected chi connectivity index (χ4v) is 3.20. The summed E-state index contributed by atoms with van der Waals surface area (Å²) in [5.41, 5.74) is 2.72. The third kappa shape index (κ3) is 6.46. The first-order valence-corrected chi connectivity index (χ1v) is 9.29. The minimum atomic E-state index is -0.276. The highest BCUT2D eigenvalue weighted by atomic mass is 127. The molecule has 0 bridgehead atoms. The van der Waals surface area contributed by atoms with Crippen molar-refractivity contribution in [1.82, 2.24) is 10.6 Å². The monoisotopic (exact) mass is 515 g/mol. The number of hydrogen-bond donors (Lipinski definition) is 2. The lowest BCUT2D eigenvalue weighted by Gasteiger charge is -2.21. The first-order valence-electron chi connectivity index (χ1n) is 9.29. The largest absolute Gasteiger partial charge is 0.496 e. The molecule has 0 fully saturated rings. The van der Waals surface area contributed by atoms with Crippen LogP contribution in [0.15, 0.2) is 41.4 Å². The van der Waals surface area contributed by atoms with Crippen LogP contribution in [0.4, 0.5) is 4.39 Å². The van der Waals surface area contributed by atoms with E-state index in [-0.39, 0.29) is 36.6 Å². The van der Waals surface area contributed by atoms with Crippen LogP contribution in [-0.4, -0.2) is 40.0 Å². The van der Waals surface area contributed by atoms with Gasteiger partial charge in [-0.25, -0.2) is 4.39 Å². The number of nitrogens with zero attached hydrogens (tertiary/aromatic N) is 1. The first kappa shape index (κ1) is 23.2. The Hall–Kier alpha value is -2.07. The molecule has 0 spiro atoms. The lowest BCUT2D eigenvalue weighted by Crippen LogP contribution is -2.39. The number of methoxy groups -OCH3 is 1. The third-order valence-electron chi connectivity index (χ3n) is 4.54. The van der Waals surface area contributed by atoms with Crippen LogP contribution in [0, 0.1) is 5.82 Å². The van der Waals surface area contributed by atoms with Gasteiger partial charge in [0.25, 0.3) is 0 Å². The van der Waals surface area contributed by atoms with Crippen LogP contribution in [0.1, 0.15) is 16.7 Å². The Balaban J connectivity index is 0.00000300. The summed E-state index contributed by atoms with van der Waals surface area (Å²) in [4.78, 5) is 4.24. The molecule has 6 nitrogen and oxygen atoms in total. The van der Waals surface area contributed by atoms with Crippen molar-refractivity contribution < 1.29 is 18.6 Å². The van der Waals surface area contributed by atoms with Gasteiger partial charge in [0, 0.05) is 25.7 Å². The first-order chi connectivity index (χ1) is 13.7. The summed E-state index contributed by atoms with van der Waals surface area (Å²) in [6.07, 6.45) is 1.43. The van der Waals surface area contributed by atoms with E-state index < -0.39 is 0 Å². The van der Waals surface area contributed by atoms with E-state index in [1.165, 1.54) is 12.1 Å². The highest BCUT2D eigenvalue weighted by molar-refractivity contribution is 14.0. The number of hydrogen-bond acceptors (Lipinski definition) is 4. The zero-order valence-electron chi connectivity index (χ0n) is 16.7. The molecule has 0 saturated heterocycles. The predicted octanol–water partition coefficient (Wildman–Crippen LogP) is 3.27. The number of fused-ring (bicyclic) bond motifs is 1. The fourth-order valence-electron chi connectivity index (χ4n) is 3.20. The van der Waals surface area contributed by atoms with Gasteiger partial charge in [-0.2, -0.15) is 0 Å². The minimum absolute atomic E-state index is 0. The lowest BCUT2D eigenvalue weighted by atomic mass is 10.1. The normalized spacial score (nSPS) is 13.0. The van der Waals surface area contributed by atoms with Crippen molar-refractivity contribution in [2.75, 3.05) is 34.0 Å². The van der Waals surface area contributed by atoms with Gasteiger partial charge < -0.3 is 24.8 Å². The summed E-state index contributed by atoms with van der Waals surface area (Å²) in [6.45, 7) is 1.90. The van der Waals surface area contributed by atoms with E-state index in [2.05, 4.69) is 15.6 Å². The Kier molecular flexibility index (Phi) is 9.46. The molecule has 2 aromatic carbocycles. The number of nitrogens with one attached hydrogen (secondary N) is 2. The number of halogens is 2. The summed E-state index contributed by atoms with van der Waals surface area (Å²) in [6, 6.07) is 10.9. The van der Waals surface area contributed by atoms with Crippen molar-refractivity contribution >= 4 is 29.9 Å². The third-order valence-corrected chi connectivity index (χ3v) is 4.54. The fraction of sp³-hybridized carbons (Fsp3) is 0.381. The summed E-state index contributed by atoms with van der Waals surface area (Å²) >= 11 is 0. The molecule has 0 aromatic heterocycles. The zero-order chi connectivity index (χ0) is 19.8. The number of ether oxygens (including phenoxy) is 3. The van der Waals surface area contributed by atoms with Crippen molar-refractivity contribution in [3.63, 3.8) is 0 Å². The van der Waals surface area contributed by atoms with Gasteiger partial charge in [-0.3, -0.25) is 4.99 Å². The molecular weight excluding hydrogens is 488 g/mol. The van der Waals surface area contributed by atoms with Gasteiger partial charge in [0.1, 0.15) is 17.3 Å². The maximum Gasteiger partial charge on any atom is 0.190 e. The van der Waals surface area contributed by atoms with Crippen molar-refractivity contribution in [2.45, 2.75) is 19.4 Å². The molecule has 2 aromatic rings. The van der Waals surface area contributed by atoms with Gasteiger partial charge in [-0.1, -0.05) is 18.2 Å². The van der Waals surface area contributed by atoms with Gasteiger partial charge in [0.2, 0.25) is 0 Å². The Morgan fingerprint density at radius 2 is 1.86 bits per heavy atom. The molecule has 0 aliphatic carbocycles. The number of guanidine groups is 1.